The van der Waals surface area contributed by atoms with Gasteiger partial charge < -0.3 is 9.72 Å². The number of benzene rings is 2. The lowest BCUT2D eigenvalue weighted by molar-refractivity contribution is 0.284. The van der Waals surface area contributed by atoms with Gasteiger partial charge in [0.1, 0.15) is 5.75 Å². The van der Waals surface area contributed by atoms with Crippen molar-refractivity contribution in [2.75, 3.05) is 6.61 Å². The molecule has 0 aliphatic carbocycles. The van der Waals surface area contributed by atoms with Crippen molar-refractivity contribution in [1.29, 1.82) is 5.26 Å². The molecule has 1 unspecified atom stereocenters. The Balaban J connectivity index is 1.84. The highest BCUT2D eigenvalue weighted by Crippen LogP contribution is 2.30. The molecule has 0 saturated heterocycles. The molecule has 4 nitrogen and oxygen atoms in total. The predicted molar refractivity (Wildman–Crippen MR) is 111 cm³/mol. The standard InChI is InChI=1S/C22H21BrN2O2/c1-3-15-12-16-8-9-17(13-19(16)25-21(15)26)22(2,14-24)10-11-27-20-7-5-4-6-18(20)23/h4-9,12-13H,3,10-11H2,1-2H3,(H,25,26). The molecule has 0 amide bonds. The molecule has 1 aromatic heterocycles. The molecule has 0 saturated carbocycles. The number of nitriles is 1. The van der Waals surface area contributed by atoms with Crippen molar-refractivity contribution in [2.45, 2.75) is 32.1 Å². The van der Waals surface area contributed by atoms with Gasteiger partial charge in [0, 0.05) is 17.5 Å². The van der Waals surface area contributed by atoms with Crippen LogP contribution in [0.5, 0.6) is 5.75 Å². The van der Waals surface area contributed by atoms with Crippen LogP contribution < -0.4 is 10.3 Å². The van der Waals surface area contributed by atoms with Gasteiger partial charge in [0.15, 0.2) is 0 Å². The largest absolute Gasteiger partial charge is 0.492 e. The third-order valence-corrected chi connectivity index (χ3v) is 5.54. The van der Waals surface area contributed by atoms with E-state index in [9.17, 15) is 10.1 Å². The van der Waals surface area contributed by atoms with Crippen LogP contribution in [0.2, 0.25) is 0 Å². The van der Waals surface area contributed by atoms with Crippen molar-refractivity contribution >= 4 is 26.8 Å². The Labute approximate surface area is 166 Å². The number of hydrogen-bond acceptors (Lipinski definition) is 3. The number of nitrogens with one attached hydrogen (secondary N) is 1. The van der Waals surface area contributed by atoms with Crippen molar-refractivity contribution in [3.8, 4) is 11.8 Å². The molecule has 0 bridgehead atoms. The molecular formula is C22H21BrN2O2. The van der Waals surface area contributed by atoms with E-state index in [-0.39, 0.29) is 5.56 Å². The van der Waals surface area contributed by atoms with Gasteiger partial charge in [-0.05, 0) is 64.5 Å². The normalized spacial score (nSPS) is 13.1. The van der Waals surface area contributed by atoms with Gasteiger partial charge >= 0.3 is 0 Å². The molecule has 1 atom stereocenters. The third kappa shape index (κ3) is 4.06. The first-order valence-electron chi connectivity index (χ1n) is 8.92. The number of nitrogens with zero attached hydrogens (tertiary/aromatic N) is 1. The summed E-state index contributed by atoms with van der Waals surface area (Å²) in [6.07, 6.45) is 1.23. The van der Waals surface area contributed by atoms with Crippen molar-refractivity contribution < 1.29 is 4.74 Å². The van der Waals surface area contributed by atoms with Crippen LogP contribution in [-0.4, -0.2) is 11.6 Å². The summed E-state index contributed by atoms with van der Waals surface area (Å²) in [6.45, 7) is 4.27. The second kappa shape index (κ2) is 7.98. The minimum atomic E-state index is -0.713. The summed E-state index contributed by atoms with van der Waals surface area (Å²) in [5.41, 5.74) is 1.60. The van der Waals surface area contributed by atoms with Crippen molar-refractivity contribution in [2.24, 2.45) is 0 Å². The number of ether oxygens (including phenoxy) is 1. The van der Waals surface area contributed by atoms with Gasteiger partial charge in [-0.25, -0.2) is 0 Å². The first-order chi connectivity index (χ1) is 13.0. The van der Waals surface area contributed by atoms with Crippen molar-refractivity contribution in [3.63, 3.8) is 0 Å². The molecular weight excluding hydrogens is 404 g/mol. The number of para-hydroxylation sites is 1. The van der Waals surface area contributed by atoms with E-state index >= 15 is 0 Å². The number of H-pyrrole nitrogens is 1. The van der Waals surface area contributed by atoms with Crippen LogP contribution in [-0.2, 0) is 11.8 Å². The zero-order valence-electron chi connectivity index (χ0n) is 15.4. The predicted octanol–water partition coefficient (Wildman–Crippen LogP) is 5.10. The molecule has 0 aliphatic heterocycles. The fourth-order valence-electron chi connectivity index (χ4n) is 3.04. The molecule has 138 valence electrons. The smallest absolute Gasteiger partial charge is 0.251 e. The average molecular weight is 425 g/mol. The molecule has 27 heavy (non-hydrogen) atoms. The second-order valence-electron chi connectivity index (χ2n) is 6.75. The summed E-state index contributed by atoms with van der Waals surface area (Å²) in [5, 5.41) is 10.8. The SMILES string of the molecule is CCc1cc2ccc(C(C)(C#N)CCOc3ccccc3Br)cc2[nH]c1=O. The van der Waals surface area contributed by atoms with Gasteiger partial charge in [0.2, 0.25) is 0 Å². The Morgan fingerprint density at radius 3 is 2.70 bits per heavy atom. The van der Waals surface area contributed by atoms with Gasteiger partial charge in [-0.15, -0.1) is 0 Å². The van der Waals surface area contributed by atoms with Gasteiger partial charge in [-0.3, -0.25) is 4.79 Å². The molecule has 1 N–H and O–H groups in total. The third-order valence-electron chi connectivity index (χ3n) is 4.88. The van der Waals surface area contributed by atoms with Crippen LogP contribution in [0, 0.1) is 11.3 Å². The molecule has 1 heterocycles. The van der Waals surface area contributed by atoms with Gasteiger partial charge in [0.25, 0.3) is 5.56 Å². The summed E-state index contributed by atoms with van der Waals surface area (Å²) in [7, 11) is 0. The molecule has 0 radical (unpaired) electrons. The second-order valence-corrected chi connectivity index (χ2v) is 7.61. The fraction of sp³-hybridized carbons (Fsp3) is 0.273. The van der Waals surface area contributed by atoms with Crippen LogP contribution >= 0.6 is 15.9 Å². The fourth-order valence-corrected chi connectivity index (χ4v) is 3.44. The van der Waals surface area contributed by atoms with Crippen molar-refractivity contribution in [3.05, 3.63) is 74.5 Å². The summed E-state index contributed by atoms with van der Waals surface area (Å²) in [4.78, 5) is 15.0. The Kier molecular flexibility index (Phi) is 5.67. The Bertz CT molecular complexity index is 1070. The number of rotatable bonds is 6. The number of fused-ring (bicyclic) bond motifs is 1. The molecule has 3 aromatic rings. The summed E-state index contributed by atoms with van der Waals surface area (Å²) in [6, 6.07) is 17.8. The maximum atomic E-state index is 12.1. The van der Waals surface area contributed by atoms with Gasteiger partial charge in [-0.1, -0.05) is 31.2 Å². The number of aromatic amines is 1. The van der Waals surface area contributed by atoms with E-state index < -0.39 is 5.41 Å². The van der Waals surface area contributed by atoms with Crippen LogP contribution in [0.4, 0.5) is 0 Å². The minimum Gasteiger partial charge on any atom is -0.492 e. The Morgan fingerprint density at radius 2 is 2.00 bits per heavy atom. The lowest BCUT2D eigenvalue weighted by atomic mass is 9.81. The van der Waals surface area contributed by atoms with Crippen LogP contribution in [0.15, 0.2) is 57.8 Å². The van der Waals surface area contributed by atoms with E-state index in [1.165, 1.54) is 0 Å². The lowest BCUT2D eigenvalue weighted by Crippen LogP contribution is -2.23. The van der Waals surface area contributed by atoms with Crippen LogP contribution in [0.25, 0.3) is 10.9 Å². The maximum absolute atomic E-state index is 12.1. The van der Waals surface area contributed by atoms with E-state index in [1.54, 1.807) is 0 Å². The molecule has 0 aliphatic rings. The zero-order chi connectivity index (χ0) is 19.4. The monoisotopic (exact) mass is 424 g/mol. The minimum absolute atomic E-state index is 0.0712. The number of pyridine rings is 1. The first kappa shape index (κ1) is 19.2. The molecule has 0 fully saturated rings. The molecule has 2 aromatic carbocycles. The first-order valence-corrected chi connectivity index (χ1v) is 9.71. The number of halogens is 1. The van der Waals surface area contributed by atoms with E-state index in [2.05, 4.69) is 27.0 Å². The summed E-state index contributed by atoms with van der Waals surface area (Å²) in [5.74, 6) is 0.757. The van der Waals surface area contributed by atoms with Gasteiger partial charge in [-0.2, -0.15) is 5.26 Å². The Morgan fingerprint density at radius 1 is 1.22 bits per heavy atom. The topological polar surface area (TPSA) is 65.9 Å². The number of hydrogen-bond donors (Lipinski definition) is 1. The van der Waals surface area contributed by atoms with E-state index in [4.69, 9.17) is 4.74 Å². The van der Waals surface area contributed by atoms with Crippen molar-refractivity contribution in [1.82, 2.24) is 4.98 Å². The lowest BCUT2D eigenvalue weighted by Gasteiger charge is -2.23. The number of aryl methyl sites for hydroxylation is 1. The Hall–Kier alpha value is -2.58. The highest BCUT2D eigenvalue weighted by Gasteiger charge is 2.27. The molecule has 5 heteroatoms. The van der Waals surface area contributed by atoms with Gasteiger partial charge in [0.05, 0.1) is 22.6 Å². The van der Waals surface area contributed by atoms with Crippen LogP contribution in [0.3, 0.4) is 0 Å². The highest BCUT2D eigenvalue weighted by molar-refractivity contribution is 9.10. The van der Waals surface area contributed by atoms with E-state index in [0.717, 1.165) is 32.3 Å². The van der Waals surface area contributed by atoms with E-state index in [1.807, 2.05) is 62.4 Å². The van der Waals surface area contributed by atoms with E-state index in [0.29, 0.717) is 19.4 Å². The molecule has 3 rings (SSSR count). The summed E-state index contributed by atoms with van der Waals surface area (Å²) >= 11 is 3.46. The average Bonchev–Trinajstić information content (AvgIpc) is 2.68. The summed E-state index contributed by atoms with van der Waals surface area (Å²) < 4.78 is 6.72. The highest BCUT2D eigenvalue weighted by atomic mass is 79.9. The van der Waals surface area contributed by atoms with Crippen LogP contribution in [0.1, 0.15) is 31.4 Å². The molecule has 0 spiro atoms. The quantitative estimate of drug-likeness (QED) is 0.597. The zero-order valence-corrected chi connectivity index (χ0v) is 17.0. The maximum Gasteiger partial charge on any atom is 0.251 e. The number of aromatic nitrogens is 1.